The van der Waals surface area contributed by atoms with Crippen LogP contribution in [0, 0.1) is 0 Å². The summed E-state index contributed by atoms with van der Waals surface area (Å²) in [5, 5.41) is 38.8. The van der Waals surface area contributed by atoms with E-state index in [1.54, 1.807) is 30.3 Å². The maximum atomic E-state index is 13.0. The molecule has 3 rings (SSSR count). The van der Waals surface area contributed by atoms with Crippen molar-refractivity contribution in [3.05, 3.63) is 46.2 Å². The van der Waals surface area contributed by atoms with Crippen molar-refractivity contribution in [1.29, 1.82) is 0 Å². The zero-order valence-electron chi connectivity index (χ0n) is 19.3. The highest BCUT2D eigenvalue weighted by Gasteiger charge is 2.49. The number of hydrogen-bond acceptors (Lipinski definition) is 9. The molecule has 0 saturated heterocycles. The topological polar surface area (TPSA) is 171 Å². The van der Waals surface area contributed by atoms with E-state index in [2.05, 4.69) is 10.6 Å². The summed E-state index contributed by atoms with van der Waals surface area (Å²) in [5.74, 6) is -2.00. The fourth-order valence-corrected chi connectivity index (χ4v) is 5.18. The van der Waals surface area contributed by atoms with E-state index in [0.717, 1.165) is 9.77 Å². The van der Waals surface area contributed by atoms with Gasteiger partial charge in [0.15, 0.2) is 0 Å². The molecule has 1 aromatic carbocycles. The van der Waals surface area contributed by atoms with Crippen LogP contribution in [0.3, 0.4) is 0 Å². The molecule has 3 amide bonds. The Kier molecular flexibility index (Phi) is 8.78. The molecule has 10 nitrogen and oxygen atoms in total. The van der Waals surface area contributed by atoms with Gasteiger partial charge in [-0.1, -0.05) is 6.07 Å². The number of primary amides is 1. The largest absolute Gasteiger partial charge is 0.496 e. The summed E-state index contributed by atoms with van der Waals surface area (Å²) < 4.78 is 5.29. The molecule has 0 radical (unpaired) electrons. The van der Waals surface area contributed by atoms with Gasteiger partial charge in [-0.25, -0.2) is 0 Å². The zero-order chi connectivity index (χ0) is 25.8. The van der Waals surface area contributed by atoms with E-state index in [0.29, 0.717) is 5.75 Å². The van der Waals surface area contributed by atoms with Crippen molar-refractivity contribution in [2.45, 2.75) is 54.1 Å². The Morgan fingerprint density at radius 2 is 2.03 bits per heavy atom. The summed E-state index contributed by atoms with van der Waals surface area (Å²) in [7, 11) is 1.42. The minimum atomic E-state index is -2.16. The molecule has 0 aliphatic heterocycles. The molecule has 190 valence electrons. The average Bonchev–Trinajstić information content (AvgIpc) is 3.34. The smallest absolute Gasteiger partial charge is 0.255 e. The number of thiophene rings is 1. The molecule has 1 fully saturated rings. The SMILES string of the molecule is COc1cc(SC)ccc1C(=O)NC1CC(O)(C(=O)NC(Cc2cccs2)C(N)=O)CC(O)C1O. The van der Waals surface area contributed by atoms with Crippen LogP contribution in [0.5, 0.6) is 5.75 Å². The Morgan fingerprint density at radius 1 is 1.29 bits per heavy atom. The van der Waals surface area contributed by atoms with E-state index in [9.17, 15) is 29.7 Å². The van der Waals surface area contributed by atoms with E-state index in [1.165, 1.54) is 30.2 Å². The van der Waals surface area contributed by atoms with Crippen molar-refractivity contribution < 1.29 is 34.4 Å². The molecule has 1 aliphatic rings. The molecule has 12 heteroatoms. The number of benzene rings is 1. The fraction of sp³-hybridized carbons (Fsp3) is 0.435. The maximum absolute atomic E-state index is 13.0. The molecule has 7 N–H and O–H groups in total. The van der Waals surface area contributed by atoms with E-state index in [1.807, 2.05) is 11.6 Å². The molecule has 1 aliphatic carbocycles. The van der Waals surface area contributed by atoms with Gasteiger partial charge in [0.2, 0.25) is 5.91 Å². The maximum Gasteiger partial charge on any atom is 0.255 e. The van der Waals surface area contributed by atoms with Gasteiger partial charge in [-0.15, -0.1) is 23.1 Å². The van der Waals surface area contributed by atoms with Crippen molar-refractivity contribution >= 4 is 40.8 Å². The molecule has 0 bridgehead atoms. The van der Waals surface area contributed by atoms with E-state index in [4.69, 9.17) is 10.5 Å². The molecular weight excluding hydrogens is 494 g/mol. The third kappa shape index (κ3) is 6.33. The highest BCUT2D eigenvalue weighted by atomic mass is 32.2. The Hall–Kier alpha value is -2.64. The lowest BCUT2D eigenvalue weighted by Gasteiger charge is -2.41. The van der Waals surface area contributed by atoms with Gasteiger partial charge in [0.1, 0.15) is 23.5 Å². The second-order valence-electron chi connectivity index (χ2n) is 8.36. The summed E-state index contributed by atoms with van der Waals surface area (Å²) >= 11 is 2.86. The van der Waals surface area contributed by atoms with Gasteiger partial charge >= 0.3 is 0 Å². The molecule has 1 aromatic heterocycles. The summed E-state index contributed by atoms with van der Waals surface area (Å²) in [6, 6.07) is 6.32. The molecule has 0 spiro atoms. The van der Waals surface area contributed by atoms with Crippen LogP contribution in [0.4, 0.5) is 0 Å². The minimum Gasteiger partial charge on any atom is -0.496 e. The number of nitrogens with two attached hydrogens (primary N) is 1. The van der Waals surface area contributed by atoms with Crippen molar-refractivity contribution in [2.75, 3.05) is 13.4 Å². The first-order chi connectivity index (χ1) is 16.6. The van der Waals surface area contributed by atoms with Gasteiger partial charge in [0, 0.05) is 29.0 Å². The number of aliphatic hydroxyl groups excluding tert-OH is 2. The van der Waals surface area contributed by atoms with Crippen molar-refractivity contribution in [1.82, 2.24) is 10.6 Å². The van der Waals surface area contributed by atoms with Crippen molar-refractivity contribution in [3.63, 3.8) is 0 Å². The van der Waals surface area contributed by atoms with Gasteiger partial charge in [-0.2, -0.15) is 0 Å². The predicted molar refractivity (Wildman–Crippen MR) is 131 cm³/mol. The number of aliphatic hydroxyl groups is 3. The normalized spacial score (nSPS) is 24.9. The standard InChI is InChI=1S/C23H29N3O7S2/c1-33-18-9-12(34-2)5-6-14(18)21(30)25-16-10-23(32,11-17(27)19(16)28)22(31)26-15(20(24)29)8-13-4-3-7-35-13/h3-7,9,15-17,19,27-28,32H,8,10-11H2,1-2H3,(H2,24,29)(H,25,30)(H,26,31). The van der Waals surface area contributed by atoms with E-state index >= 15 is 0 Å². The van der Waals surface area contributed by atoms with Crippen LogP contribution in [-0.4, -0.2) is 76.3 Å². The summed E-state index contributed by atoms with van der Waals surface area (Å²) in [4.78, 5) is 39.5. The molecule has 5 unspecified atom stereocenters. The second kappa shape index (κ2) is 11.4. The molecule has 35 heavy (non-hydrogen) atoms. The highest BCUT2D eigenvalue weighted by molar-refractivity contribution is 7.98. The number of methoxy groups -OCH3 is 1. The monoisotopic (exact) mass is 523 g/mol. The van der Waals surface area contributed by atoms with Crippen LogP contribution in [0.2, 0.25) is 0 Å². The Labute approximate surface area is 210 Å². The van der Waals surface area contributed by atoms with E-state index in [-0.39, 0.29) is 12.0 Å². The van der Waals surface area contributed by atoms with Crippen LogP contribution >= 0.6 is 23.1 Å². The highest BCUT2D eigenvalue weighted by Crippen LogP contribution is 2.31. The molecule has 5 atom stereocenters. The summed E-state index contributed by atoms with van der Waals surface area (Å²) in [6.45, 7) is 0. The number of thioether (sulfide) groups is 1. The molecule has 1 heterocycles. The van der Waals surface area contributed by atoms with Gasteiger partial charge in [-0.3, -0.25) is 14.4 Å². The van der Waals surface area contributed by atoms with Gasteiger partial charge in [-0.05, 0) is 35.9 Å². The lowest BCUT2D eigenvalue weighted by Crippen LogP contribution is -2.64. The van der Waals surface area contributed by atoms with Crippen LogP contribution in [0.15, 0.2) is 40.6 Å². The van der Waals surface area contributed by atoms with Crippen LogP contribution in [-0.2, 0) is 16.0 Å². The molecule has 2 aromatic rings. The molecule has 1 saturated carbocycles. The lowest BCUT2D eigenvalue weighted by atomic mass is 9.77. The number of nitrogens with one attached hydrogen (secondary N) is 2. The fourth-order valence-electron chi connectivity index (χ4n) is 4.00. The number of carbonyl (C=O) groups is 3. The van der Waals surface area contributed by atoms with Crippen LogP contribution in [0.25, 0.3) is 0 Å². The third-order valence-corrected chi connectivity index (χ3v) is 7.56. The Morgan fingerprint density at radius 3 is 2.63 bits per heavy atom. The van der Waals surface area contributed by atoms with Crippen LogP contribution < -0.4 is 21.1 Å². The average molecular weight is 524 g/mol. The first-order valence-electron chi connectivity index (χ1n) is 10.8. The second-order valence-corrected chi connectivity index (χ2v) is 10.3. The Balaban J connectivity index is 1.75. The first kappa shape index (κ1) is 27.0. The number of carbonyl (C=O) groups excluding carboxylic acids is 3. The van der Waals surface area contributed by atoms with E-state index < -0.39 is 60.5 Å². The van der Waals surface area contributed by atoms with Crippen molar-refractivity contribution in [3.8, 4) is 5.75 Å². The molecular formula is C23H29N3O7S2. The number of ether oxygens (including phenoxy) is 1. The number of amides is 3. The van der Waals surface area contributed by atoms with Crippen LogP contribution in [0.1, 0.15) is 28.1 Å². The van der Waals surface area contributed by atoms with Gasteiger partial charge in [0.05, 0.1) is 24.8 Å². The minimum absolute atomic E-state index is 0.145. The lowest BCUT2D eigenvalue weighted by molar-refractivity contribution is -0.159. The number of rotatable bonds is 9. The Bertz CT molecular complexity index is 1070. The number of hydrogen-bond donors (Lipinski definition) is 6. The van der Waals surface area contributed by atoms with Crippen molar-refractivity contribution in [2.24, 2.45) is 5.73 Å². The summed E-state index contributed by atoms with van der Waals surface area (Å²) in [6.07, 6.45) is -1.78. The van der Waals surface area contributed by atoms with Gasteiger partial charge < -0.3 is 36.4 Å². The third-order valence-electron chi connectivity index (χ3n) is 5.94. The first-order valence-corrected chi connectivity index (χ1v) is 12.9. The zero-order valence-corrected chi connectivity index (χ0v) is 20.9. The summed E-state index contributed by atoms with van der Waals surface area (Å²) in [5.41, 5.74) is 3.47. The quantitative estimate of drug-likeness (QED) is 0.250. The van der Waals surface area contributed by atoms with Gasteiger partial charge in [0.25, 0.3) is 11.8 Å². The predicted octanol–water partition coefficient (Wildman–Crippen LogP) is 0.0365.